The van der Waals surface area contributed by atoms with E-state index >= 15 is 0 Å². The minimum Gasteiger partial charge on any atom is -0.399 e. The van der Waals surface area contributed by atoms with Crippen LogP contribution in [0.1, 0.15) is 11.1 Å². The largest absolute Gasteiger partial charge is 0.399 e. The second-order valence-electron chi connectivity index (χ2n) is 6.04. The van der Waals surface area contributed by atoms with Gasteiger partial charge in [-0.25, -0.2) is 0 Å². The van der Waals surface area contributed by atoms with Gasteiger partial charge in [-0.05, 0) is 35.4 Å². The van der Waals surface area contributed by atoms with E-state index < -0.39 is 0 Å². The summed E-state index contributed by atoms with van der Waals surface area (Å²) in [6, 6.07) is 18.0. The third-order valence-corrected chi connectivity index (χ3v) is 4.42. The Morgan fingerprint density at radius 2 is 1.92 bits per heavy atom. The van der Waals surface area contributed by atoms with Crippen LogP contribution in [0.4, 0.5) is 11.4 Å². The zero-order valence-corrected chi connectivity index (χ0v) is 14.3. The van der Waals surface area contributed by atoms with Gasteiger partial charge in [-0.15, -0.1) is 0 Å². The van der Waals surface area contributed by atoms with Gasteiger partial charge in [0, 0.05) is 29.6 Å². The van der Waals surface area contributed by atoms with E-state index in [2.05, 4.69) is 39.6 Å². The molecule has 3 aromatic rings. The first-order valence-corrected chi connectivity index (χ1v) is 8.45. The van der Waals surface area contributed by atoms with E-state index in [1.165, 1.54) is 5.56 Å². The molecule has 0 spiro atoms. The standard InChI is InChI=1S/C20H17ClN4/c21-16-6-8-18(23-12-16)14-3-1-13(2-4-14)11-24-20-9-15-5-7-17(22)10-19(15)25-20/h1-8,10,12H,9,11,22H2,(H,24,25). The quantitative estimate of drug-likeness (QED) is 0.682. The molecule has 0 atom stereocenters. The molecule has 5 heteroatoms. The highest BCUT2D eigenvalue weighted by Crippen LogP contribution is 2.26. The van der Waals surface area contributed by atoms with E-state index in [0.717, 1.165) is 40.5 Å². The van der Waals surface area contributed by atoms with Crippen molar-refractivity contribution < 1.29 is 0 Å². The molecule has 0 amide bonds. The van der Waals surface area contributed by atoms with Gasteiger partial charge < -0.3 is 11.1 Å². The van der Waals surface area contributed by atoms with Crippen LogP contribution in [0.2, 0.25) is 5.02 Å². The molecule has 25 heavy (non-hydrogen) atoms. The van der Waals surface area contributed by atoms with E-state index in [1.54, 1.807) is 6.20 Å². The first kappa shape index (κ1) is 15.7. The Bertz CT molecular complexity index is 931. The van der Waals surface area contributed by atoms with Gasteiger partial charge in [0.2, 0.25) is 0 Å². The van der Waals surface area contributed by atoms with Crippen molar-refractivity contribution in [1.82, 2.24) is 4.98 Å². The molecular weight excluding hydrogens is 332 g/mol. The highest BCUT2D eigenvalue weighted by Gasteiger charge is 2.15. The van der Waals surface area contributed by atoms with Crippen molar-refractivity contribution in [1.29, 1.82) is 0 Å². The number of hydrogen-bond acceptors (Lipinski definition) is 3. The average Bonchev–Trinajstić information content (AvgIpc) is 3.03. The fourth-order valence-corrected chi connectivity index (χ4v) is 2.97. The molecule has 0 aliphatic carbocycles. The minimum absolute atomic E-state index is 0.639. The summed E-state index contributed by atoms with van der Waals surface area (Å²) in [5.41, 5.74) is 12.0. The summed E-state index contributed by atoms with van der Waals surface area (Å²) in [5.74, 6) is 0.976. The second-order valence-corrected chi connectivity index (χ2v) is 6.48. The van der Waals surface area contributed by atoms with Crippen molar-refractivity contribution in [2.75, 3.05) is 11.1 Å². The van der Waals surface area contributed by atoms with Crippen LogP contribution >= 0.6 is 11.6 Å². The second kappa shape index (κ2) is 6.57. The highest BCUT2D eigenvalue weighted by molar-refractivity contribution is 6.30. The van der Waals surface area contributed by atoms with Crippen molar-refractivity contribution in [3.8, 4) is 11.3 Å². The van der Waals surface area contributed by atoms with Crippen LogP contribution in [-0.4, -0.2) is 10.8 Å². The van der Waals surface area contributed by atoms with Crippen LogP contribution in [0.25, 0.3) is 11.3 Å². The molecular formula is C20H17ClN4. The van der Waals surface area contributed by atoms with Crippen molar-refractivity contribution >= 4 is 28.8 Å². The lowest BCUT2D eigenvalue weighted by atomic mass is 10.1. The smallest absolute Gasteiger partial charge is 0.106 e. The molecule has 3 N–H and O–H groups in total. The molecule has 0 saturated heterocycles. The summed E-state index contributed by atoms with van der Waals surface area (Å²) in [6.07, 6.45) is 2.48. The molecule has 2 heterocycles. The molecule has 124 valence electrons. The predicted octanol–water partition coefficient (Wildman–Crippen LogP) is 4.55. The Morgan fingerprint density at radius 3 is 2.68 bits per heavy atom. The Balaban J connectivity index is 1.45. The number of nitrogens with two attached hydrogens (primary N) is 1. The normalized spacial score (nSPS) is 14.4. The molecule has 1 aliphatic rings. The van der Waals surface area contributed by atoms with E-state index in [-0.39, 0.29) is 0 Å². The van der Waals surface area contributed by atoms with E-state index in [4.69, 9.17) is 17.3 Å². The first-order valence-electron chi connectivity index (χ1n) is 8.07. The van der Waals surface area contributed by atoms with Gasteiger partial charge in [-0.3, -0.25) is 9.98 Å². The van der Waals surface area contributed by atoms with Crippen molar-refractivity contribution in [3.05, 3.63) is 76.9 Å². The Kier molecular flexibility index (Phi) is 4.12. The molecule has 1 aromatic heterocycles. The molecule has 0 radical (unpaired) electrons. The monoisotopic (exact) mass is 348 g/mol. The molecule has 1 aliphatic heterocycles. The SMILES string of the molecule is Nc1ccc2c(c1)NC(=NCc1ccc(-c3ccc(Cl)cn3)cc1)C2. The minimum atomic E-state index is 0.639. The number of amidine groups is 1. The van der Waals surface area contributed by atoms with Crippen LogP contribution in [0.15, 0.2) is 65.8 Å². The maximum absolute atomic E-state index is 5.88. The van der Waals surface area contributed by atoms with Crippen LogP contribution in [-0.2, 0) is 13.0 Å². The van der Waals surface area contributed by atoms with Gasteiger partial charge in [-0.1, -0.05) is 41.9 Å². The van der Waals surface area contributed by atoms with Crippen LogP contribution in [0.3, 0.4) is 0 Å². The summed E-state index contributed by atoms with van der Waals surface area (Å²) < 4.78 is 0. The summed E-state index contributed by atoms with van der Waals surface area (Å²) in [6.45, 7) is 0.639. The Labute approximate surface area is 151 Å². The maximum Gasteiger partial charge on any atom is 0.106 e. The predicted molar refractivity (Wildman–Crippen MR) is 104 cm³/mol. The fourth-order valence-electron chi connectivity index (χ4n) is 2.85. The number of hydrogen-bond donors (Lipinski definition) is 2. The number of rotatable bonds is 3. The Hall–Kier alpha value is -2.85. The summed E-state index contributed by atoms with van der Waals surface area (Å²) >= 11 is 5.88. The highest BCUT2D eigenvalue weighted by atomic mass is 35.5. The zero-order chi connectivity index (χ0) is 17.2. The number of nitrogens with zero attached hydrogens (tertiary/aromatic N) is 2. The average molecular weight is 349 g/mol. The lowest BCUT2D eigenvalue weighted by Crippen LogP contribution is -2.06. The molecule has 0 bridgehead atoms. The number of nitrogens with one attached hydrogen (secondary N) is 1. The van der Waals surface area contributed by atoms with Crippen LogP contribution in [0, 0.1) is 0 Å². The van der Waals surface area contributed by atoms with Gasteiger partial charge in [0.1, 0.15) is 5.84 Å². The number of aliphatic imine (C=N–C) groups is 1. The molecule has 4 nitrogen and oxygen atoms in total. The molecule has 0 saturated carbocycles. The number of halogens is 1. The van der Waals surface area contributed by atoms with Gasteiger partial charge >= 0.3 is 0 Å². The zero-order valence-electron chi connectivity index (χ0n) is 13.5. The number of benzene rings is 2. The lowest BCUT2D eigenvalue weighted by molar-refractivity contribution is 1.06. The molecule has 4 rings (SSSR count). The van der Waals surface area contributed by atoms with Crippen molar-refractivity contribution in [2.24, 2.45) is 4.99 Å². The number of nitrogen functional groups attached to an aromatic ring is 1. The summed E-state index contributed by atoms with van der Waals surface area (Å²) in [5, 5.41) is 3.98. The third-order valence-electron chi connectivity index (χ3n) is 4.20. The van der Waals surface area contributed by atoms with Crippen molar-refractivity contribution in [3.63, 3.8) is 0 Å². The lowest BCUT2D eigenvalue weighted by Gasteiger charge is -2.04. The van der Waals surface area contributed by atoms with E-state index in [0.29, 0.717) is 11.6 Å². The van der Waals surface area contributed by atoms with Gasteiger partial charge in [-0.2, -0.15) is 0 Å². The summed E-state index contributed by atoms with van der Waals surface area (Å²) in [7, 11) is 0. The number of fused-ring (bicyclic) bond motifs is 1. The number of pyridine rings is 1. The maximum atomic E-state index is 5.88. The third kappa shape index (κ3) is 3.49. The van der Waals surface area contributed by atoms with E-state index in [1.807, 2.05) is 30.3 Å². The summed E-state index contributed by atoms with van der Waals surface area (Å²) in [4.78, 5) is 9.02. The fraction of sp³-hybridized carbons (Fsp3) is 0.100. The molecule has 0 fully saturated rings. The van der Waals surface area contributed by atoms with E-state index in [9.17, 15) is 0 Å². The Morgan fingerprint density at radius 1 is 1.08 bits per heavy atom. The van der Waals surface area contributed by atoms with Crippen molar-refractivity contribution in [2.45, 2.75) is 13.0 Å². The van der Waals surface area contributed by atoms with Crippen LogP contribution < -0.4 is 11.1 Å². The van der Waals surface area contributed by atoms with Crippen LogP contribution in [0.5, 0.6) is 0 Å². The number of aromatic nitrogens is 1. The van der Waals surface area contributed by atoms with Gasteiger partial charge in [0.25, 0.3) is 0 Å². The van der Waals surface area contributed by atoms with Gasteiger partial charge in [0.15, 0.2) is 0 Å². The van der Waals surface area contributed by atoms with Gasteiger partial charge in [0.05, 0.1) is 17.3 Å². The first-order chi connectivity index (χ1) is 12.2. The molecule has 2 aromatic carbocycles. The number of anilines is 2. The topological polar surface area (TPSA) is 63.3 Å². The molecule has 0 unspecified atom stereocenters.